The molecule has 0 amide bonds. The van der Waals surface area contributed by atoms with Crippen LogP contribution in [0.3, 0.4) is 0 Å². The van der Waals surface area contributed by atoms with Gasteiger partial charge in [-0.05, 0) is 143 Å². The van der Waals surface area contributed by atoms with Gasteiger partial charge in [0.15, 0.2) is 0 Å². The first kappa shape index (κ1) is 33.2. The van der Waals surface area contributed by atoms with Crippen LogP contribution in [0.2, 0.25) is 0 Å². The molecule has 0 unspecified atom stereocenters. The number of hydrogen-bond donors (Lipinski definition) is 0. The number of aryl methyl sites for hydroxylation is 3. The van der Waals surface area contributed by atoms with Crippen molar-refractivity contribution in [1.29, 1.82) is 0 Å². The number of benzene rings is 9. The van der Waals surface area contributed by atoms with Crippen molar-refractivity contribution >= 4 is 66.4 Å². The molecule has 9 aromatic rings. The molecule has 0 saturated carbocycles. The van der Waals surface area contributed by atoms with Gasteiger partial charge >= 0.3 is 0 Å². The molecule has 0 N–H and O–H groups in total. The van der Waals surface area contributed by atoms with Crippen molar-refractivity contribution in [2.24, 2.45) is 0 Å². The van der Waals surface area contributed by atoms with Gasteiger partial charge in [0.05, 0.1) is 11.4 Å². The van der Waals surface area contributed by atoms with Crippen molar-refractivity contribution in [1.82, 2.24) is 0 Å². The fourth-order valence-electron chi connectivity index (χ4n) is 9.44. The lowest BCUT2D eigenvalue weighted by Crippen LogP contribution is -2.24. The molecule has 2 nitrogen and oxygen atoms in total. The summed E-state index contributed by atoms with van der Waals surface area (Å²) in [5.74, 6) is 0. The van der Waals surface area contributed by atoms with Crippen molar-refractivity contribution in [3.05, 3.63) is 192 Å². The van der Waals surface area contributed by atoms with Crippen LogP contribution in [0.25, 0.3) is 43.4 Å². The summed E-state index contributed by atoms with van der Waals surface area (Å²) in [6.07, 6.45) is 2.13. The van der Waals surface area contributed by atoms with Gasteiger partial charge in [-0.25, -0.2) is 0 Å². The van der Waals surface area contributed by atoms with E-state index in [2.05, 4.69) is 207 Å². The first-order valence-electron chi connectivity index (χ1n) is 19.6. The third-order valence-corrected chi connectivity index (χ3v) is 12.1. The lowest BCUT2D eigenvalue weighted by Gasteiger charge is -2.37. The number of hydrogen-bond acceptors (Lipinski definition) is 2. The van der Waals surface area contributed by atoms with Crippen LogP contribution in [0.15, 0.2) is 170 Å². The van der Waals surface area contributed by atoms with Crippen LogP contribution in [0.5, 0.6) is 0 Å². The topological polar surface area (TPSA) is 6.48 Å². The molecule has 0 heterocycles. The molecule has 0 spiro atoms. The Kier molecular flexibility index (Phi) is 7.78. The van der Waals surface area contributed by atoms with Gasteiger partial charge < -0.3 is 9.80 Å². The summed E-state index contributed by atoms with van der Waals surface area (Å²) in [7, 11) is 0. The molecule has 266 valence electrons. The predicted molar refractivity (Wildman–Crippen MR) is 236 cm³/mol. The van der Waals surface area contributed by atoms with E-state index in [1.807, 2.05) is 0 Å². The van der Waals surface area contributed by atoms with E-state index in [1.165, 1.54) is 77.1 Å². The molecular formula is C53H44N2. The molecule has 0 aromatic heterocycles. The molecule has 0 saturated heterocycles. The van der Waals surface area contributed by atoms with Crippen LogP contribution in [-0.2, 0) is 11.8 Å². The summed E-state index contributed by atoms with van der Waals surface area (Å²) in [6.45, 7) is 9.42. The number of nitrogens with zero attached hydrogens (tertiary/aromatic N) is 2. The molecular weight excluding hydrogens is 665 g/mol. The Morgan fingerprint density at radius 1 is 0.436 bits per heavy atom. The van der Waals surface area contributed by atoms with E-state index >= 15 is 0 Å². The molecule has 0 fully saturated rings. The summed E-state index contributed by atoms with van der Waals surface area (Å²) in [4.78, 5) is 4.95. The molecule has 0 radical (unpaired) electrons. The molecule has 2 heteroatoms. The zero-order valence-corrected chi connectivity index (χ0v) is 32.0. The van der Waals surface area contributed by atoms with E-state index in [1.54, 1.807) is 0 Å². The van der Waals surface area contributed by atoms with Crippen LogP contribution in [-0.4, -0.2) is 0 Å². The van der Waals surface area contributed by atoms with Crippen molar-refractivity contribution in [2.45, 2.75) is 46.0 Å². The second-order valence-corrected chi connectivity index (χ2v) is 15.9. The highest BCUT2D eigenvalue weighted by Gasteiger charge is 2.34. The first-order chi connectivity index (χ1) is 26.9. The number of rotatable bonds is 7. The smallest absolute Gasteiger partial charge is 0.0546 e. The zero-order valence-electron chi connectivity index (χ0n) is 32.0. The minimum absolute atomic E-state index is 0.00667. The summed E-state index contributed by atoms with van der Waals surface area (Å²) < 4.78 is 0. The van der Waals surface area contributed by atoms with E-state index in [-0.39, 0.29) is 5.41 Å². The highest BCUT2D eigenvalue weighted by atomic mass is 15.1. The maximum absolute atomic E-state index is 2.57. The Balaban J connectivity index is 1.42. The molecule has 9 aromatic carbocycles. The van der Waals surface area contributed by atoms with Gasteiger partial charge in [-0.1, -0.05) is 117 Å². The van der Waals surface area contributed by atoms with Gasteiger partial charge in [-0.15, -0.1) is 0 Å². The largest absolute Gasteiger partial charge is 0.310 e. The number of para-hydroxylation sites is 4. The fraction of sp³-hybridized carbons (Fsp3) is 0.132. The van der Waals surface area contributed by atoms with Crippen LogP contribution in [0.4, 0.5) is 34.1 Å². The maximum Gasteiger partial charge on any atom is 0.0546 e. The predicted octanol–water partition coefficient (Wildman–Crippen LogP) is 15.0. The standard InChI is InChI=1S/C53H44N2/c1-35-18-17-19-36(2)49(35)44-34-48(55(40-24-13-7-14-25-40)41-26-15-8-16-27-41)45-33-46-50-37(30-31-53(46,3)4)32-47(43-29-28-42(44)51(45)52(43)50)54(38-20-9-5-10-21-38)39-22-11-6-12-23-39/h5-29,32-34H,30-31H2,1-4H3. The highest BCUT2D eigenvalue weighted by Crippen LogP contribution is 2.55. The Morgan fingerprint density at radius 2 is 0.909 bits per heavy atom. The number of anilines is 6. The minimum Gasteiger partial charge on any atom is -0.310 e. The van der Waals surface area contributed by atoms with Gasteiger partial charge in [-0.3, -0.25) is 0 Å². The van der Waals surface area contributed by atoms with Crippen molar-refractivity contribution in [2.75, 3.05) is 9.80 Å². The molecule has 0 aliphatic heterocycles. The highest BCUT2D eigenvalue weighted by molar-refractivity contribution is 6.32. The van der Waals surface area contributed by atoms with Gasteiger partial charge in [0, 0.05) is 44.3 Å². The SMILES string of the molecule is Cc1cccc(C)c1-c1cc(N(c2ccccc2)c2ccccc2)c2cc3c4c(cc(N(c5ccccc5)c5ccccc5)c5ccc1c2c54)CCC3(C)C. The summed E-state index contributed by atoms with van der Waals surface area (Å²) in [5, 5.41) is 8.01. The Hall–Kier alpha value is -6.38. The second-order valence-electron chi connectivity index (χ2n) is 15.9. The van der Waals surface area contributed by atoms with E-state index in [0.29, 0.717) is 0 Å². The van der Waals surface area contributed by atoms with Crippen molar-refractivity contribution in [3.8, 4) is 11.1 Å². The molecule has 1 aliphatic rings. The van der Waals surface area contributed by atoms with Crippen LogP contribution in [0, 0.1) is 13.8 Å². The minimum atomic E-state index is 0.00667. The average molecular weight is 709 g/mol. The van der Waals surface area contributed by atoms with Gasteiger partial charge in [0.2, 0.25) is 0 Å². The lowest BCUT2D eigenvalue weighted by molar-refractivity contribution is 0.475. The van der Waals surface area contributed by atoms with Gasteiger partial charge in [0.25, 0.3) is 0 Å². The molecule has 55 heavy (non-hydrogen) atoms. The monoisotopic (exact) mass is 708 g/mol. The molecule has 0 atom stereocenters. The van der Waals surface area contributed by atoms with E-state index in [0.717, 1.165) is 35.6 Å². The van der Waals surface area contributed by atoms with Crippen molar-refractivity contribution in [3.63, 3.8) is 0 Å². The molecule has 1 aliphatic carbocycles. The summed E-state index contributed by atoms with van der Waals surface area (Å²) >= 11 is 0. The van der Waals surface area contributed by atoms with Gasteiger partial charge in [0.1, 0.15) is 0 Å². The van der Waals surface area contributed by atoms with Gasteiger partial charge in [-0.2, -0.15) is 0 Å². The third kappa shape index (κ3) is 5.31. The molecule has 0 bridgehead atoms. The van der Waals surface area contributed by atoms with E-state index < -0.39 is 0 Å². The van der Waals surface area contributed by atoms with Crippen LogP contribution >= 0.6 is 0 Å². The average Bonchev–Trinajstić information content (AvgIpc) is 3.21. The fourth-order valence-corrected chi connectivity index (χ4v) is 9.44. The molecule has 10 rings (SSSR count). The lowest BCUT2D eigenvalue weighted by atomic mass is 9.70. The quantitative estimate of drug-likeness (QED) is 0.152. The first-order valence-corrected chi connectivity index (χ1v) is 19.6. The Morgan fingerprint density at radius 3 is 1.42 bits per heavy atom. The zero-order chi connectivity index (χ0) is 37.3. The maximum atomic E-state index is 2.57. The summed E-state index contributed by atoms with van der Waals surface area (Å²) in [5.41, 5.74) is 15.1. The summed E-state index contributed by atoms with van der Waals surface area (Å²) in [6, 6.07) is 62.7. The van der Waals surface area contributed by atoms with E-state index in [9.17, 15) is 0 Å². The van der Waals surface area contributed by atoms with Crippen LogP contribution in [0.1, 0.15) is 42.5 Å². The second kappa shape index (κ2) is 12.9. The Bertz CT molecular complexity index is 2740. The van der Waals surface area contributed by atoms with Crippen LogP contribution < -0.4 is 9.80 Å². The third-order valence-electron chi connectivity index (χ3n) is 12.1. The van der Waals surface area contributed by atoms with Crippen molar-refractivity contribution < 1.29 is 0 Å². The Labute approximate surface area is 324 Å². The van der Waals surface area contributed by atoms with E-state index in [4.69, 9.17) is 0 Å². The normalized spacial score (nSPS) is 13.5.